The van der Waals surface area contributed by atoms with Crippen LogP contribution in [0, 0.1) is 5.92 Å². The molecule has 3 atom stereocenters. The molecule has 1 aliphatic rings. The zero-order valence-electron chi connectivity index (χ0n) is 9.71. The Morgan fingerprint density at radius 3 is 2.23 bits per heavy atom. The van der Waals surface area contributed by atoms with E-state index in [1.165, 1.54) is 32.1 Å². The van der Waals surface area contributed by atoms with Gasteiger partial charge in [-0.25, -0.2) is 0 Å². The summed E-state index contributed by atoms with van der Waals surface area (Å²) in [5.74, 6) is 0.919. The number of nitrogens with zero attached hydrogens (tertiary/aromatic N) is 1. The summed E-state index contributed by atoms with van der Waals surface area (Å²) in [5, 5.41) is 0. The number of rotatable bonds is 0. The zero-order chi connectivity index (χ0) is 9.84. The first-order valence-electron chi connectivity index (χ1n) is 5.83. The van der Waals surface area contributed by atoms with Crippen molar-refractivity contribution in [3.05, 3.63) is 0 Å². The van der Waals surface area contributed by atoms with E-state index in [9.17, 15) is 0 Å². The van der Waals surface area contributed by atoms with Gasteiger partial charge in [0.2, 0.25) is 0 Å². The van der Waals surface area contributed by atoms with Crippen molar-refractivity contribution in [1.29, 1.82) is 0 Å². The minimum atomic E-state index is 0.767. The van der Waals surface area contributed by atoms with Crippen LogP contribution in [0.25, 0.3) is 0 Å². The summed E-state index contributed by atoms with van der Waals surface area (Å²) in [6, 6.07) is 1.54. The molecule has 1 fully saturated rings. The van der Waals surface area contributed by atoms with Gasteiger partial charge in [-0.15, -0.1) is 0 Å². The van der Waals surface area contributed by atoms with Gasteiger partial charge in [-0.2, -0.15) is 0 Å². The Bertz CT molecular complexity index is 144. The van der Waals surface area contributed by atoms with Gasteiger partial charge in [0.25, 0.3) is 0 Å². The Morgan fingerprint density at radius 1 is 0.923 bits per heavy atom. The quantitative estimate of drug-likeness (QED) is 0.557. The van der Waals surface area contributed by atoms with Gasteiger partial charge < -0.3 is 4.90 Å². The molecular formula is C12H25N. The third-order valence-corrected chi connectivity index (χ3v) is 3.70. The highest BCUT2D eigenvalue weighted by molar-refractivity contribution is 4.74. The lowest BCUT2D eigenvalue weighted by Gasteiger charge is -2.31. The number of hydrogen-bond donors (Lipinski definition) is 0. The van der Waals surface area contributed by atoms with Gasteiger partial charge in [0, 0.05) is 12.1 Å². The van der Waals surface area contributed by atoms with Gasteiger partial charge in [0.1, 0.15) is 0 Å². The van der Waals surface area contributed by atoms with Gasteiger partial charge in [-0.3, -0.25) is 0 Å². The Hall–Kier alpha value is -0.0400. The second-order valence-corrected chi connectivity index (χ2v) is 4.99. The zero-order valence-corrected chi connectivity index (χ0v) is 9.71. The van der Waals surface area contributed by atoms with Crippen molar-refractivity contribution in [1.82, 2.24) is 4.90 Å². The molecule has 0 aromatic heterocycles. The van der Waals surface area contributed by atoms with E-state index in [0.717, 1.165) is 18.0 Å². The molecule has 0 N–H and O–H groups in total. The minimum absolute atomic E-state index is 0.767. The van der Waals surface area contributed by atoms with Crippen molar-refractivity contribution in [2.24, 2.45) is 5.92 Å². The van der Waals surface area contributed by atoms with Crippen LogP contribution in [0.3, 0.4) is 0 Å². The first-order valence-corrected chi connectivity index (χ1v) is 5.83. The molecule has 0 bridgehead atoms. The second kappa shape index (κ2) is 4.99. The summed E-state index contributed by atoms with van der Waals surface area (Å²) in [4.78, 5) is 2.56. The van der Waals surface area contributed by atoms with Crippen LogP contribution >= 0.6 is 0 Å². The monoisotopic (exact) mass is 183 g/mol. The van der Waals surface area contributed by atoms with Gasteiger partial charge in [0.15, 0.2) is 0 Å². The topological polar surface area (TPSA) is 3.24 Å². The Balaban J connectivity index is 2.52. The maximum Gasteiger partial charge on any atom is 0.00692 e. The van der Waals surface area contributed by atoms with Gasteiger partial charge >= 0.3 is 0 Å². The van der Waals surface area contributed by atoms with Crippen molar-refractivity contribution in [2.75, 3.05) is 7.05 Å². The van der Waals surface area contributed by atoms with Crippen molar-refractivity contribution in [3.8, 4) is 0 Å². The van der Waals surface area contributed by atoms with E-state index in [4.69, 9.17) is 0 Å². The molecule has 1 rings (SSSR count). The lowest BCUT2D eigenvalue weighted by atomic mass is 9.97. The summed E-state index contributed by atoms with van der Waals surface area (Å²) in [6.45, 7) is 7.14. The van der Waals surface area contributed by atoms with Gasteiger partial charge in [-0.05, 0) is 39.7 Å². The molecule has 0 aromatic rings. The van der Waals surface area contributed by atoms with E-state index in [2.05, 4.69) is 32.7 Å². The SMILES string of the molecule is CC1CCCCC(C)N(C)C(C)C1. The molecule has 3 unspecified atom stereocenters. The maximum atomic E-state index is 2.56. The predicted octanol–water partition coefficient (Wildman–Crippen LogP) is 3.30. The van der Waals surface area contributed by atoms with Gasteiger partial charge in [0.05, 0.1) is 0 Å². The Kier molecular flexibility index (Phi) is 4.24. The second-order valence-electron chi connectivity index (χ2n) is 4.99. The van der Waals surface area contributed by atoms with Crippen molar-refractivity contribution >= 4 is 0 Å². The summed E-state index contributed by atoms with van der Waals surface area (Å²) >= 11 is 0. The smallest absolute Gasteiger partial charge is 0.00692 e. The third-order valence-electron chi connectivity index (χ3n) is 3.70. The standard InChI is InChI=1S/C12H25N/c1-10-7-5-6-8-11(2)13(4)12(3)9-10/h10-12H,5-9H2,1-4H3. The third kappa shape index (κ3) is 3.30. The molecule has 0 saturated carbocycles. The molecule has 0 spiro atoms. The molecule has 78 valence electrons. The number of hydrogen-bond acceptors (Lipinski definition) is 1. The first-order chi connectivity index (χ1) is 6.11. The lowest BCUT2D eigenvalue weighted by Crippen LogP contribution is -2.37. The Morgan fingerprint density at radius 2 is 1.54 bits per heavy atom. The normalized spacial score (nSPS) is 39.2. The summed E-state index contributed by atoms with van der Waals surface area (Å²) < 4.78 is 0. The van der Waals surface area contributed by atoms with E-state index in [1.54, 1.807) is 0 Å². The summed E-state index contributed by atoms with van der Waals surface area (Å²) in [5.41, 5.74) is 0. The van der Waals surface area contributed by atoms with Gasteiger partial charge in [-0.1, -0.05) is 26.2 Å². The fourth-order valence-corrected chi connectivity index (χ4v) is 2.44. The van der Waals surface area contributed by atoms with Crippen molar-refractivity contribution in [2.45, 2.75) is 65.0 Å². The molecule has 13 heavy (non-hydrogen) atoms. The van der Waals surface area contributed by atoms with E-state index >= 15 is 0 Å². The molecule has 0 radical (unpaired) electrons. The molecule has 1 saturated heterocycles. The van der Waals surface area contributed by atoms with Crippen LogP contribution in [0.15, 0.2) is 0 Å². The van der Waals surface area contributed by atoms with E-state index in [0.29, 0.717) is 0 Å². The van der Waals surface area contributed by atoms with Crippen molar-refractivity contribution < 1.29 is 0 Å². The summed E-state index contributed by atoms with van der Waals surface area (Å²) in [6.07, 6.45) is 7.05. The molecule has 1 heteroatoms. The highest BCUT2D eigenvalue weighted by Crippen LogP contribution is 2.22. The van der Waals surface area contributed by atoms with Crippen LogP contribution in [-0.4, -0.2) is 24.0 Å². The highest BCUT2D eigenvalue weighted by atomic mass is 15.1. The van der Waals surface area contributed by atoms with Crippen LogP contribution in [0.2, 0.25) is 0 Å². The average molecular weight is 183 g/mol. The molecule has 1 heterocycles. The lowest BCUT2D eigenvalue weighted by molar-refractivity contribution is 0.171. The van der Waals surface area contributed by atoms with E-state index < -0.39 is 0 Å². The van der Waals surface area contributed by atoms with Crippen LogP contribution in [0.4, 0.5) is 0 Å². The minimum Gasteiger partial charge on any atom is -0.301 e. The average Bonchev–Trinajstić information content (AvgIpc) is 2.13. The van der Waals surface area contributed by atoms with Crippen LogP contribution in [0.5, 0.6) is 0 Å². The Labute approximate surface area is 83.5 Å². The molecule has 0 aromatic carbocycles. The van der Waals surface area contributed by atoms with E-state index in [-0.39, 0.29) is 0 Å². The highest BCUT2D eigenvalue weighted by Gasteiger charge is 2.19. The van der Waals surface area contributed by atoms with E-state index in [1.807, 2.05) is 0 Å². The maximum absolute atomic E-state index is 2.56. The predicted molar refractivity (Wildman–Crippen MR) is 58.9 cm³/mol. The fraction of sp³-hybridized carbons (Fsp3) is 1.00. The van der Waals surface area contributed by atoms with Crippen LogP contribution in [-0.2, 0) is 0 Å². The molecule has 0 amide bonds. The fourth-order valence-electron chi connectivity index (χ4n) is 2.44. The largest absolute Gasteiger partial charge is 0.301 e. The van der Waals surface area contributed by atoms with Crippen LogP contribution < -0.4 is 0 Å². The molecule has 1 nitrogen and oxygen atoms in total. The molecule has 1 aliphatic heterocycles. The first kappa shape index (κ1) is 11.0. The molecule has 0 aliphatic carbocycles. The summed E-state index contributed by atoms with van der Waals surface area (Å²) in [7, 11) is 2.29. The van der Waals surface area contributed by atoms with Crippen molar-refractivity contribution in [3.63, 3.8) is 0 Å². The molecular weight excluding hydrogens is 158 g/mol. The van der Waals surface area contributed by atoms with Crippen LogP contribution in [0.1, 0.15) is 52.9 Å².